The minimum absolute atomic E-state index is 0.115. The third-order valence-corrected chi connectivity index (χ3v) is 12.7. The number of nitrogens with zero attached hydrogens (tertiary/aromatic N) is 2. The first-order chi connectivity index (χ1) is 29.9. The first kappa shape index (κ1) is 40.0. The molecule has 5 aromatic rings. The zero-order valence-corrected chi connectivity index (χ0v) is 34.2. The Morgan fingerprint density at radius 2 is 1.38 bits per heavy atom. The molecule has 4 aliphatic rings. The van der Waals surface area contributed by atoms with Crippen LogP contribution in [0.2, 0.25) is 0 Å². The molecular weight excluding hydrogens is 767 g/mol. The van der Waals surface area contributed by atoms with Gasteiger partial charge in [-0.1, -0.05) is 104 Å². The number of esters is 1. The molecule has 0 saturated carbocycles. The van der Waals surface area contributed by atoms with Crippen LogP contribution in [0.4, 0.5) is 5.69 Å². The number of aliphatic hydroxyl groups excluding tert-OH is 1. The average molecular weight is 816 g/mol. The number of carbonyl (C=O) groups excluding carboxylic acids is 3. The van der Waals surface area contributed by atoms with E-state index in [1.165, 1.54) is 0 Å². The van der Waals surface area contributed by atoms with Crippen molar-refractivity contribution in [3.05, 3.63) is 161 Å². The lowest BCUT2D eigenvalue weighted by Gasteiger charge is -2.46. The van der Waals surface area contributed by atoms with E-state index in [0.717, 1.165) is 60.1 Å². The van der Waals surface area contributed by atoms with E-state index < -0.39 is 41.5 Å². The zero-order valence-electron chi connectivity index (χ0n) is 34.2. The highest BCUT2D eigenvalue weighted by Gasteiger charge is 2.74. The number of morpholine rings is 1. The van der Waals surface area contributed by atoms with E-state index in [1.54, 1.807) is 7.11 Å². The standard InChI is InChI=1S/C51H49N3O7/c1-59-39-24-19-34(20-25-39)17-18-35-21-28-42-41(33-35)51(50(58)52-42)43(48(56)53-29-11-3-2-4-12-30-53)45-49(57)61-46(37-15-9-6-10-16-37)44(36-13-7-5-8-14-36)54(45)47(51)38-22-26-40(27-23-38)60-32-31-55/h5-10,13-16,19-28,33,43-47,55H,2-4,11-12,29-32H2,1H3,(H,52,58)/t43-,44-,45-,46+,47+,51-/m1/s1. The Kier molecular flexibility index (Phi) is 11.3. The number of hydrogen-bond donors (Lipinski definition) is 2. The van der Waals surface area contributed by atoms with Crippen LogP contribution < -0.4 is 14.8 Å². The summed E-state index contributed by atoms with van der Waals surface area (Å²) in [4.78, 5) is 50.6. The molecule has 3 fully saturated rings. The SMILES string of the molecule is COc1ccc(C#Cc2ccc3c(c2)[C@]2(C(=O)N3)[C@H](c3ccc(OCCO)cc3)N3[C@H](c4ccccc4)[C@H](c4ccccc4)OC(=O)[C@H]3[C@@H]2C(=O)N2CCCCCCC2)cc1. The monoisotopic (exact) mass is 815 g/mol. The highest BCUT2D eigenvalue weighted by molar-refractivity contribution is 6.12. The number of fused-ring (bicyclic) bond motifs is 3. The molecule has 0 aromatic heterocycles. The number of hydrogen-bond acceptors (Lipinski definition) is 8. The first-order valence-electron chi connectivity index (χ1n) is 21.2. The number of nitrogens with one attached hydrogen (secondary N) is 1. The number of aliphatic hydroxyl groups is 1. The maximum atomic E-state index is 15.8. The zero-order chi connectivity index (χ0) is 41.9. The van der Waals surface area contributed by atoms with Gasteiger partial charge in [0.1, 0.15) is 35.7 Å². The Balaban J connectivity index is 1.30. The molecule has 6 atom stereocenters. The van der Waals surface area contributed by atoms with E-state index in [1.807, 2.05) is 132 Å². The van der Waals surface area contributed by atoms with Gasteiger partial charge in [-0.2, -0.15) is 0 Å². The summed E-state index contributed by atoms with van der Waals surface area (Å²) in [6.07, 6.45) is 4.01. The molecule has 10 nitrogen and oxygen atoms in total. The van der Waals surface area contributed by atoms with Crippen molar-refractivity contribution >= 4 is 23.5 Å². The largest absolute Gasteiger partial charge is 0.497 e. The molecule has 1 spiro atoms. The number of likely N-dealkylation sites (tertiary alicyclic amines) is 1. The fraction of sp³-hybridized carbons (Fsp3) is 0.314. The van der Waals surface area contributed by atoms with Crippen LogP contribution >= 0.6 is 0 Å². The summed E-state index contributed by atoms with van der Waals surface area (Å²) in [5.74, 6) is 5.55. The maximum Gasteiger partial charge on any atom is 0.324 e. The molecule has 310 valence electrons. The van der Waals surface area contributed by atoms with Crippen LogP contribution in [0.5, 0.6) is 11.5 Å². The predicted molar refractivity (Wildman–Crippen MR) is 231 cm³/mol. The highest BCUT2D eigenvalue weighted by atomic mass is 16.6. The Labute approximate surface area is 356 Å². The van der Waals surface area contributed by atoms with Gasteiger partial charge >= 0.3 is 5.97 Å². The van der Waals surface area contributed by atoms with Gasteiger partial charge in [-0.25, -0.2) is 0 Å². The third-order valence-electron chi connectivity index (χ3n) is 12.7. The third kappa shape index (κ3) is 7.32. The highest BCUT2D eigenvalue weighted by Crippen LogP contribution is 2.65. The lowest BCUT2D eigenvalue weighted by Crippen LogP contribution is -2.55. The van der Waals surface area contributed by atoms with Crippen molar-refractivity contribution in [3.8, 4) is 23.3 Å². The number of methoxy groups -OCH3 is 1. The number of rotatable bonds is 8. The van der Waals surface area contributed by atoms with Crippen molar-refractivity contribution in [1.29, 1.82) is 0 Å². The molecule has 2 N–H and O–H groups in total. The number of carbonyl (C=O) groups is 3. The lowest BCUT2D eigenvalue weighted by molar-refractivity contribution is -0.179. The summed E-state index contributed by atoms with van der Waals surface area (Å²) in [6, 6.07) is 37.7. The van der Waals surface area contributed by atoms with Crippen molar-refractivity contribution in [2.45, 2.75) is 61.7 Å². The minimum Gasteiger partial charge on any atom is -0.497 e. The van der Waals surface area contributed by atoms with Crippen molar-refractivity contribution in [1.82, 2.24) is 9.80 Å². The van der Waals surface area contributed by atoms with Crippen molar-refractivity contribution in [2.24, 2.45) is 5.92 Å². The van der Waals surface area contributed by atoms with Crippen LogP contribution in [0.15, 0.2) is 127 Å². The number of anilines is 1. The maximum absolute atomic E-state index is 15.8. The van der Waals surface area contributed by atoms with Gasteiger partial charge in [0.05, 0.1) is 31.7 Å². The molecule has 10 heteroatoms. The molecule has 0 bridgehead atoms. The number of benzene rings is 5. The fourth-order valence-corrected chi connectivity index (χ4v) is 10.0. The van der Waals surface area contributed by atoms with E-state index in [2.05, 4.69) is 22.1 Å². The Morgan fingerprint density at radius 1 is 0.754 bits per heavy atom. The fourth-order valence-electron chi connectivity index (χ4n) is 10.0. The Hall–Kier alpha value is -6.41. The van der Waals surface area contributed by atoms with Gasteiger partial charge in [-0.15, -0.1) is 0 Å². The molecule has 61 heavy (non-hydrogen) atoms. The molecule has 5 aromatic carbocycles. The molecule has 0 aliphatic carbocycles. The van der Waals surface area contributed by atoms with Gasteiger partial charge in [0.25, 0.3) is 0 Å². The summed E-state index contributed by atoms with van der Waals surface area (Å²) in [7, 11) is 1.62. The predicted octanol–water partition coefficient (Wildman–Crippen LogP) is 7.53. The molecule has 0 unspecified atom stereocenters. The van der Waals surface area contributed by atoms with Crippen LogP contribution in [-0.2, 0) is 24.5 Å². The number of amides is 2. The molecule has 4 heterocycles. The summed E-state index contributed by atoms with van der Waals surface area (Å²) in [6.45, 7) is 1.03. The summed E-state index contributed by atoms with van der Waals surface area (Å²) in [5, 5.41) is 12.7. The molecule has 9 rings (SSSR count). The van der Waals surface area contributed by atoms with E-state index in [9.17, 15) is 5.11 Å². The summed E-state index contributed by atoms with van der Waals surface area (Å²) in [5.41, 5.74) is 3.43. The summed E-state index contributed by atoms with van der Waals surface area (Å²) < 4.78 is 17.8. The number of ether oxygens (including phenoxy) is 3. The molecule has 3 saturated heterocycles. The van der Waals surface area contributed by atoms with Crippen molar-refractivity contribution < 1.29 is 33.7 Å². The van der Waals surface area contributed by atoms with Crippen LogP contribution in [0, 0.1) is 17.8 Å². The molecule has 0 radical (unpaired) electrons. The molecule has 4 aliphatic heterocycles. The topological polar surface area (TPSA) is 118 Å². The van der Waals surface area contributed by atoms with Crippen LogP contribution in [-0.4, -0.2) is 72.1 Å². The van der Waals surface area contributed by atoms with Gasteiger partial charge < -0.3 is 29.5 Å². The Morgan fingerprint density at radius 3 is 2.05 bits per heavy atom. The minimum atomic E-state index is -1.61. The van der Waals surface area contributed by atoms with Gasteiger partial charge in [-0.05, 0) is 89.7 Å². The van der Waals surface area contributed by atoms with Gasteiger partial charge in [0, 0.05) is 29.9 Å². The van der Waals surface area contributed by atoms with E-state index in [0.29, 0.717) is 35.7 Å². The summed E-state index contributed by atoms with van der Waals surface area (Å²) >= 11 is 0. The second-order valence-corrected chi connectivity index (χ2v) is 16.2. The Bertz CT molecular complexity index is 2440. The van der Waals surface area contributed by atoms with Gasteiger partial charge in [0.2, 0.25) is 11.8 Å². The first-order valence-corrected chi connectivity index (χ1v) is 21.2. The van der Waals surface area contributed by atoms with Crippen LogP contribution in [0.1, 0.15) is 83.7 Å². The van der Waals surface area contributed by atoms with Crippen LogP contribution in [0.3, 0.4) is 0 Å². The molecular formula is C51H49N3O7. The smallest absolute Gasteiger partial charge is 0.324 e. The van der Waals surface area contributed by atoms with E-state index >= 15 is 14.4 Å². The van der Waals surface area contributed by atoms with Crippen LogP contribution in [0.25, 0.3) is 0 Å². The lowest BCUT2D eigenvalue weighted by atomic mass is 9.65. The number of cyclic esters (lactones) is 1. The van der Waals surface area contributed by atoms with Gasteiger partial charge in [-0.3, -0.25) is 19.3 Å². The average Bonchev–Trinajstić information content (AvgIpc) is 3.76. The van der Waals surface area contributed by atoms with Crippen molar-refractivity contribution in [2.75, 3.05) is 38.7 Å². The van der Waals surface area contributed by atoms with E-state index in [-0.39, 0.29) is 25.0 Å². The second kappa shape index (κ2) is 17.3. The molecule has 2 amide bonds. The quantitative estimate of drug-likeness (QED) is 0.122. The second-order valence-electron chi connectivity index (χ2n) is 16.2. The normalized spacial score (nSPS) is 24.6. The van der Waals surface area contributed by atoms with Crippen molar-refractivity contribution in [3.63, 3.8) is 0 Å². The van der Waals surface area contributed by atoms with E-state index in [4.69, 9.17) is 14.2 Å². The van der Waals surface area contributed by atoms with Gasteiger partial charge in [0.15, 0.2) is 0 Å².